The zero-order chi connectivity index (χ0) is 21.9. The zero-order valence-corrected chi connectivity index (χ0v) is 19.1. The van der Waals surface area contributed by atoms with Crippen LogP contribution in [0.1, 0.15) is 79.8 Å². The third kappa shape index (κ3) is 4.57. The van der Waals surface area contributed by atoms with Gasteiger partial charge in [0.15, 0.2) is 0 Å². The summed E-state index contributed by atoms with van der Waals surface area (Å²) in [4.78, 5) is 12.2. The molecule has 0 aromatic heterocycles. The van der Waals surface area contributed by atoms with Gasteiger partial charge < -0.3 is 9.39 Å². The summed E-state index contributed by atoms with van der Waals surface area (Å²) in [5.41, 5.74) is 5.97. The smallest absolute Gasteiger partial charge is 0.338 e. The van der Waals surface area contributed by atoms with Gasteiger partial charge in [-0.2, -0.15) is 0 Å². The monoisotopic (exact) mass is 428 g/mol. The Kier molecular flexibility index (Phi) is 6.50. The van der Waals surface area contributed by atoms with Gasteiger partial charge in [0, 0.05) is 6.10 Å². The van der Waals surface area contributed by atoms with E-state index in [4.69, 9.17) is 9.39 Å². The van der Waals surface area contributed by atoms with Crippen molar-refractivity contribution in [3.63, 3.8) is 0 Å². The van der Waals surface area contributed by atoms with Crippen molar-refractivity contribution in [3.8, 4) is 0 Å². The van der Waals surface area contributed by atoms with Crippen LogP contribution in [0.4, 0.5) is 0 Å². The van der Waals surface area contributed by atoms with Crippen molar-refractivity contribution in [1.29, 1.82) is 0 Å². The second kappa shape index (κ2) is 9.66. The van der Waals surface area contributed by atoms with E-state index in [1.165, 1.54) is 73.5 Å². The van der Waals surface area contributed by atoms with Crippen LogP contribution in [-0.2, 0) is 9.39 Å². The van der Waals surface area contributed by atoms with Crippen LogP contribution in [-0.4, -0.2) is 25.6 Å². The van der Waals surface area contributed by atoms with E-state index in [2.05, 4.69) is 42.5 Å². The van der Waals surface area contributed by atoms with E-state index >= 15 is 0 Å². The van der Waals surface area contributed by atoms with Crippen molar-refractivity contribution >= 4 is 23.9 Å². The fourth-order valence-electron chi connectivity index (χ4n) is 5.64. The van der Waals surface area contributed by atoms with Crippen molar-refractivity contribution in [2.45, 2.75) is 70.2 Å². The molecular formula is C28H33BO3. The summed E-state index contributed by atoms with van der Waals surface area (Å²) in [5.74, 6) is 0.913. The van der Waals surface area contributed by atoms with Gasteiger partial charge in [-0.1, -0.05) is 68.1 Å². The lowest BCUT2D eigenvalue weighted by Gasteiger charge is -2.27. The number of benzene rings is 2. The van der Waals surface area contributed by atoms with Crippen molar-refractivity contribution in [2.24, 2.45) is 5.92 Å². The quantitative estimate of drug-likeness (QED) is 0.287. The minimum atomic E-state index is -0.250. The van der Waals surface area contributed by atoms with Crippen LogP contribution in [0.25, 0.3) is 11.0 Å². The normalized spacial score (nSPS) is 23.8. The summed E-state index contributed by atoms with van der Waals surface area (Å²) < 4.78 is 12.1. The molecule has 0 N–H and O–H groups in total. The van der Waals surface area contributed by atoms with Gasteiger partial charge >= 0.3 is 12.9 Å². The first-order valence-corrected chi connectivity index (χ1v) is 12.5. The minimum Gasteiger partial charge on any atom is -0.462 e. The van der Waals surface area contributed by atoms with E-state index in [1.54, 1.807) is 0 Å². The summed E-state index contributed by atoms with van der Waals surface area (Å²) in [6.07, 6.45) is 10.3. The summed E-state index contributed by atoms with van der Waals surface area (Å²) >= 11 is 0. The van der Waals surface area contributed by atoms with Crippen LogP contribution >= 0.6 is 0 Å². The number of hydrogen-bond acceptors (Lipinski definition) is 3. The Hall–Kier alpha value is -2.33. The number of ether oxygens (including phenoxy) is 1. The molecule has 0 atom stereocenters. The predicted octanol–water partition coefficient (Wildman–Crippen LogP) is 6.84. The van der Waals surface area contributed by atoms with Crippen molar-refractivity contribution < 1.29 is 14.2 Å². The molecule has 1 aliphatic carbocycles. The number of esters is 1. The Morgan fingerprint density at radius 1 is 0.875 bits per heavy atom. The fraction of sp³-hybridized carbons (Fsp3) is 0.464. The highest BCUT2D eigenvalue weighted by Gasteiger charge is 2.42. The largest absolute Gasteiger partial charge is 0.462 e. The van der Waals surface area contributed by atoms with Crippen LogP contribution in [0, 0.1) is 5.92 Å². The molecule has 2 aromatic carbocycles. The Morgan fingerprint density at radius 2 is 1.53 bits per heavy atom. The number of rotatable bonds is 6. The van der Waals surface area contributed by atoms with Gasteiger partial charge in [-0.05, 0) is 78.6 Å². The van der Waals surface area contributed by atoms with Gasteiger partial charge in [0.2, 0.25) is 0 Å². The van der Waals surface area contributed by atoms with E-state index in [0.29, 0.717) is 30.0 Å². The molecule has 3 nitrogen and oxygen atoms in total. The molecular weight excluding hydrogens is 395 g/mol. The second-order valence-electron chi connectivity index (χ2n) is 9.57. The molecule has 2 aromatic rings. The van der Waals surface area contributed by atoms with Crippen molar-refractivity contribution in [2.75, 3.05) is 6.61 Å². The molecule has 5 rings (SSSR count). The third-order valence-electron chi connectivity index (χ3n) is 7.32. The Morgan fingerprint density at radius 3 is 2.16 bits per heavy atom. The number of carbonyl (C=O) groups excluding carboxylic acids is 1. The van der Waals surface area contributed by atoms with Crippen LogP contribution in [0.5, 0.6) is 0 Å². The molecule has 4 heteroatoms. The average molecular weight is 428 g/mol. The summed E-state index contributed by atoms with van der Waals surface area (Å²) in [6.45, 7) is 2.40. The summed E-state index contributed by atoms with van der Waals surface area (Å²) in [5, 5.41) is 0. The van der Waals surface area contributed by atoms with Gasteiger partial charge in [-0.25, -0.2) is 4.79 Å². The highest BCUT2D eigenvalue weighted by molar-refractivity contribution is 6.77. The molecule has 3 fully saturated rings. The molecule has 0 unspecified atom stereocenters. The number of fused-ring (bicyclic) bond motifs is 3. The topological polar surface area (TPSA) is 35.5 Å². The standard InChI is InChI=1S/C28H33BO3/c1-2-31-28(30)23-18-16-21(17-19-23)26(20-14-15-20)27(22-8-4-3-5-9-22)29-24-10-6-12-25(32-29)13-7-11-24/h3-5,8-9,16-20,24-25H,2,6-7,10-15H2,1H3/b27-26-. The maximum atomic E-state index is 12.2. The number of allylic oxidation sites excluding steroid dienone is 1. The molecule has 3 aliphatic rings. The van der Waals surface area contributed by atoms with Gasteiger partial charge in [-0.15, -0.1) is 0 Å². The minimum absolute atomic E-state index is 0.160. The van der Waals surface area contributed by atoms with Gasteiger partial charge in [0.1, 0.15) is 0 Å². The average Bonchev–Trinajstić information content (AvgIpc) is 3.66. The molecule has 2 aliphatic heterocycles. The SMILES string of the molecule is CCOC(=O)c1ccc(/C(=C(\B2OC3CCCC2CCC3)c2ccccc2)C2CC2)cc1. The lowest BCUT2D eigenvalue weighted by atomic mass is 9.45. The highest BCUT2D eigenvalue weighted by atomic mass is 16.5. The van der Waals surface area contributed by atoms with Crippen LogP contribution < -0.4 is 0 Å². The molecule has 2 bridgehead atoms. The Bertz CT molecular complexity index is 952. The number of hydrogen-bond donors (Lipinski definition) is 0. The highest BCUT2D eigenvalue weighted by Crippen LogP contribution is 2.50. The predicted molar refractivity (Wildman–Crippen MR) is 130 cm³/mol. The van der Waals surface area contributed by atoms with Crippen LogP contribution in [0.15, 0.2) is 54.6 Å². The molecule has 2 saturated heterocycles. The maximum Gasteiger partial charge on any atom is 0.338 e. The molecule has 1 saturated carbocycles. The third-order valence-corrected chi connectivity index (χ3v) is 7.32. The van der Waals surface area contributed by atoms with Gasteiger partial charge in [0.05, 0.1) is 12.2 Å². The van der Waals surface area contributed by atoms with Crippen LogP contribution in [0.3, 0.4) is 0 Å². The lowest BCUT2D eigenvalue weighted by Crippen LogP contribution is -2.29. The van der Waals surface area contributed by atoms with E-state index in [9.17, 15) is 4.79 Å². The molecule has 166 valence electrons. The maximum absolute atomic E-state index is 12.2. The number of carbonyl (C=O) groups is 1. The van der Waals surface area contributed by atoms with Crippen molar-refractivity contribution in [3.05, 3.63) is 71.3 Å². The van der Waals surface area contributed by atoms with Gasteiger partial charge in [-0.3, -0.25) is 0 Å². The van der Waals surface area contributed by atoms with E-state index < -0.39 is 0 Å². The van der Waals surface area contributed by atoms with Crippen molar-refractivity contribution in [1.82, 2.24) is 0 Å². The Balaban J connectivity index is 1.62. The van der Waals surface area contributed by atoms with E-state index in [-0.39, 0.29) is 12.9 Å². The fourth-order valence-corrected chi connectivity index (χ4v) is 5.64. The molecule has 0 spiro atoms. The molecule has 0 amide bonds. The summed E-state index contributed by atoms with van der Waals surface area (Å²) in [7, 11) is 0. The van der Waals surface area contributed by atoms with E-state index in [1.807, 2.05) is 19.1 Å². The first-order chi connectivity index (χ1) is 15.7. The van der Waals surface area contributed by atoms with E-state index in [0.717, 1.165) is 0 Å². The first kappa shape index (κ1) is 21.5. The van der Waals surface area contributed by atoms with Gasteiger partial charge in [0.25, 0.3) is 0 Å². The summed E-state index contributed by atoms with van der Waals surface area (Å²) in [6, 6.07) is 19.0. The lowest BCUT2D eigenvalue weighted by molar-refractivity contribution is 0.0526. The first-order valence-electron chi connectivity index (χ1n) is 12.5. The Labute approximate surface area is 192 Å². The molecule has 32 heavy (non-hydrogen) atoms. The van der Waals surface area contributed by atoms with Crippen LogP contribution in [0.2, 0.25) is 5.82 Å². The zero-order valence-electron chi connectivity index (χ0n) is 19.1. The molecule has 0 radical (unpaired) electrons. The second-order valence-corrected chi connectivity index (χ2v) is 9.57. The molecule has 2 heterocycles.